The lowest BCUT2D eigenvalue weighted by molar-refractivity contribution is 0.0923. The Morgan fingerprint density at radius 1 is 1.35 bits per heavy atom. The van der Waals surface area contributed by atoms with E-state index in [0.717, 1.165) is 5.56 Å². The van der Waals surface area contributed by atoms with Gasteiger partial charge in [0, 0.05) is 25.9 Å². The van der Waals surface area contributed by atoms with Crippen LogP contribution in [-0.2, 0) is 11.3 Å². The quantitative estimate of drug-likeness (QED) is 0.778. The molecule has 2 aromatic heterocycles. The second-order valence-electron chi connectivity index (χ2n) is 4.01. The molecule has 0 saturated heterocycles. The Morgan fingerprint density at radius 3 is 2.90 bits per heavy atom. The molecule has 0 aromatic carbocycles. The molecule has 0 saturated carbocycles. The van der Waals surface area contributed by atoms with Crippen molar-refractivity contribution in [1.82, 2.24) is 10.3 Å². The van der Waals surface area contributed by atoms with Crippen molar-refractivity contribution >= 4 is 5.91 Å². The summed E-state index contributed by atoms with van der Waals surface area (Å²) < 4.78 is 15.2. The van der Waals surface area contributed by atoms with Gasteiger partial charge in [0.25, 0.3) is 5.91 Å². The van der Waals surface area contributed by atoms with Crippen molar-refractivity contribution in [3.05, 3.63) is 48.0 Å². The average molecular weight is 276 g/mol. The zero-order valence-electron chi connectivity index (χ0n) is 11.2. The molecule has 20 heavy (non-hydrogen) atoms. The number of ether oxygens (including phenoxy) is 2. The summed E-state index contributed by atoms with van der Waals surface area (Å²) in [5.41, 5.74) is 0.879. The fraction of sp³-hybridized carbons (Fsp3) is 0.286. The molecular formula is C14H16N2O4. The second kappa shape index (κ2) is 7.30. The molecule has 106 valence electrons. The molecule has 0 bridgehead atoms. The van der Waals surface area contributed by atoms with Crippen molar-refractivity contribution in [2.75, 3.05) is 20.3 Å². The van der Waals surface area contributed by atoms with Crippen LogP contribution in [0.3, 0.4) is 0 Å². The van der Waals surface area contributed by atoms with E-state index in [1.807, 2.05) is 6.07 Å². The Morgan fingerprint density at radius 2 is 2.25 bits per heavy atom. The summed E-state index contributed by atoms with van der Waals surface area (Å²) >= 11 is 0. The summed E-state index contributed by atoms with van der Waals surface area (Å²) in [6, 6.07) is 6.88. The zero-order chi connectivity index (χ0) is 14.2. The maximum atomic E-state index is 11.7. The Hall–Kier alpha value is -2.34. The van der Waals surface area contributed by atoms with E-state index in [9.17, 15) is 4.79 Å². The maximum absolute atomic E-state index is 11.7. The van der Waals surface area contributed by atoms with Gasteiger partial charge in [-0.2, -0.15) is 0 Å². The average Bonchev–Trinajstić information content (AvgIpc) is 3.01. The molecule has 0 atom stereocenters. The van der Waals surface area contributed by atoms with Crippen LogP contribution in [0.4, 0.5) is 0 Å². The molecule has 6 heteroatoms. The summed E-state index contributed by atoms with van der Waals surface area (Å²) in [5.74, 6) is 0.566. The van der Waals surface area contributed by atoms with Crippen LogP contribution in [0.2, 0.25) is 0 Å². The number of carbonyl (C=O) groups is 1. The normalized spacial score (nSPS) is 10.2. The molecule has 2 heterocycles. The number of hydrogen-bond acceptors (Lipinski definition) is 5. The van der Waals surface area contributed by atoms with Crippen molar-refractivity contribution in [3.8, 4) is 5.88 Å². The van der Waals surface area contributed by atoms with Crippen molar-refractivity contribution in [2.45, 2.75) is 6.54 Å². The first-order chi connectivity index (χ1) is 9.79. The van der Waals surface area contributed by atoms with Crippen molar-refractivity contribution in [2.24, 2.45) is 0 Å². The fourth-order valence-corrected chi connectivity index (χ4v) is 1.51. The highest BCUT2D eigenvalue weighted by Crippen LogP contribution is 2.08. The minimum atomic E-state index is -0.254. The Balaban J connectivity index is 1.80. The molecule has 0 radical (unpaired) electrons. The van der Waals surface area contributed by atoms with Gasteiger partial charge >= 0.3 is 0 Å². The van der Waals surface area contributed by atoms with E-state index < -0.39 is 0 Å². The van der Waals surface area contributed by atoms with Gasteiger partial charge in [-0.1, -0.05) is 6.07 Å². The second-order valence-corrected chi connectivity index (χ2v) is 4.01. The lowest BCUT2D eigenvalue weighted by atomic mass is 10.3. The van der Waals surface area contributed by atoms with Crippen LogP contribution in [-0.4, -0.2) is 31.2 Å². The highest BCUT2D eigenvalue weighted by molar-refractivity contribution is 5.91. The van der Waals surface area contributed by atoms with Gasteiger partial charge in [0.2, 0.25) is 5.88 Å². The van der Waals surface area contributed by atoms with E-state index in [2.05, 4.69) is 10.3 Å². The van der Waals surface area contributed by atoms with Crippen LogP contribution in [0.15, 0.2) is 41.1 Å². The highest BCUT2D eigenvalue weighted by Gasteiger charge is 2.07. The largest absolute Gasteiger partial charge is 0.475 e. The molecule has 1 amide bonds. The minimum Gasteiger partial charge on any atom is -0.475 e. The number of nitrogens with zero attached hydrogens (tertiary/aromatic N) is 1. The van der Waals surface area contributed by atoms with E-state index >= 15 is 0 Å². The summed E-state index contributed by atoms with van der Waals surface area (Å²) in [6.07, 6.45) is 3.12. The predicted molar refractivity (Wildman–Crippen MR) is 71.5 cm³/mol. The van der Waals surface area contributed by atoms with Crippen LogP contribution in [0.25, 0.3) is 0 Å². The predicted octanol–water partition coefficient (Wildman–Crippen LogP) is 1.63. The molecule has 1 N–H and O–H groups in total. The number of pyridine rings is 1. The summed E-state index contributed by atoms with van der Waals surface area (Å²) in [6.45, 7) is 1.35. The zero-order valence-corrected chi connectivity index (χ0v) is 11.2. The molecule has 0 spiro atoms. The van der Waals surface area contributed by atoms with Crippen molar-refractivity contribution < 1.29 is 18.7 Å². The van der Waals surface area contributed by atoms with Gasteiger partial charge in [-0.25, -0.2) is 4.98 Å². The fourth-order valence-electron chi connectivity index (χ4n) is 1.51. The molecule has 0 aliphatic carbocycles. The van der Waals surface area contributed by atoms with Gasteiger partial charge in [0.15, 0.2) is 5.76 Å². The van der Waals surface area contributed by atoms with Crippen LogP contribution in [0.1, 0.15) is 16.1 Å². The molecule has 0 unspecified atom stereocenters. The molecule has 6 nitrogen and oxygen atoms in total. The first kappa shape index (κ1) is 14.1. The third-order valence-electron chi connectivity index (χ3n) is 2.53. The van der Waals surface area contributed by atoms with Crippen molar-refractivity contribution in [3.63, 3.8) is 0 Å². The lowest BCUT2D eigenvalue weighted by Gasteiger charge is -2.06. The highest BCUT2D eigenvalue weighted by atomic mass is 16.5. The Kier molecular flexibility index (Phi) is 5.14. The third kappa shape index (κ3) is 4.10. The van der Waals surface area contributed by atoms with Gasteiger partial charge in [0.1, 0.15) is 6.61 Å². The van der Waals surface area contributed by atoms with Crippen LogP contribution in [0, 0.1) is 0 Å². The van der Waals surface area contributed by atoms with Crippen LogP contribution >= 0.6 is 0 Å². The number of amides is 1. The van der Waals surface area contributed by atoms with Gasteiger partial charge in [-0.3, -0.25) is 4.79 Å². The van der Waals surface area contributed by atoms with E-state index in [1.54, 1.807) is 31.5 Å². The molecule has 2 aromatic rings. The Labute approximate surface area is 116 Å². The van der Waals surface area contributed by atoms with Crippen molar-refractivity contribution in [1.29, 1.82) is 0 Å². The first-order valence-corrected chi connectivity index (χ1v) is 6.18. The number of aromatic nitrogens is 1. The summed E-state index contributed by atoms with van der Waals surface area (Å²) in [4.78, 5) is 15.8. The summed E-state index contributed by atoms with van der Waals surface area (Å²) in [5, 5.41) is 2.74. The lowest BCUT2D eigenvalue weighted by Crippen LogP contribution is -2.22. The smallest absolute Gasteiger partial charge is 0.287 e. The number of methoxy groups -OCH3 is 1. The number of nitrogens with one attached hydrogen (secondary N) is 1. The first-order valence-electron chi connectivity index (χ1n) is 6.18. The van der Waals surface area contributed by atoms with E-state index in [4.69, 9.17) is 13.9 Å². The van der Waals surface area contributed by atoms with Gasteiger partial charge in [-0.15, -0.1) is 0 Å². The van der Waals surface area contributed by atoms with Crippen LogP contribution in [0.5, 0.6) is 5.88 Å². The number of rotatable bonds is 7. The molecule has 0 aliphatic rings. The van der Waals surface area contributed by atoms with E-state index in [1.165, 1.54) is 6.26 Å². The van der Waals surface area contributed by atoms with Crippen LogP contribution < -0.4 is 10.1 Å². The van der Waals surface area contributed by atoms with Gasteiger partial charge in [0.05, 0.1) is 12.9 Å². The minimum absolute atomic E-state index is 0.254. The molecule has 0 aliphatic heterocycles. The molecule has 0 fully saturated rings. The third-order valence-corrected chi connectivity index (χ3v) is 2.53. The number of hydrogen-bond donors (Lipinski definition) is 1. The van der Waals surface area contributed by atoms with Gasteiger partial charge < -0.3 is 19.2 Å². The SMILES string of the molecule is COCCOc1ccc(CNC(=O)c2ccco2)cn1. The topological polar surface area (TPSA) is 73.6 Å². The Bertz CT molecular complexity index is 523. The summed E-state index contributed by atoms with van der Waals surface area (Å²) in [7, 11) is 1.61. The number of furan rings is 1. The monoisotopic (exact) mass is 276 g/mol. The standard InChI is InChI=1S/C14H16N2O4/c1-18-7-8-20-13-5-4-11(9-15-13)10-16-14(17)12-3-2-6-19-12/h2-6,9H,7-8,10H2,1H3,(H,16,17). The van der Waals surface area contributed by atoms with E-state index in [0.29, 0.717) is 25.6 Å². The molecule has 2 rings (SSSR count). The van der Waals surface area contributed by atoms with Gasteiger partial charge in [-0.05, 0) is 17.7 Å². The maximum Gasteiger partial charge on any atom is 0.287 e. The molecular weight excluding hydrogens is 260 g/mol. The van der Waals surface area contributed by atoms with E-state index in [-0.39, 0.29) is 11.7 Å². The number of carbonyl (C=O) groups excluding carboxylic acids is 1.